The van der Waals surface area contributed by atoms with Crippen molar-refractivity contribution < 1.29 is 14.6 Å². The van der Waals surface area contributed by atoms with Crippen LogP contribution in [0.25, 0.3) is 0 Å². The molecule has 2 rings (SSSR count). The van der Waals surface area contributed by atoms with Crippen LogP contribution < -0.4 is 4.74 Å². The quantitative estimate of drug-likeness (QED) is 0.835. The van der Waals surface area contributed by atoms with Gasteiger partial charge in [0, 0.05) is 6.20 Å². The molecule has 1 aromatic rings. The standard InChI is InChI=1S/C13H18N2O3/c1-9-11(12(16)17)8-14-13(15-9)18-10-6-4-2-3-5-7-10/h8,10H,2-7H2,1H3,(H,16,17). The second-order valence-corrected chi connectivity index (χ2v) is 4.69. The molecule has 0 unspecified atom stereocenters. The van der Waals surface area contributed by atoms with Crippen LogP contribution in [0.5, 0.6) is 6.01 Å². The van der Waals surface area contributed by atoms with E-state index in [1.54, 1.807) is 6.92 Å². The highest BCUT2D eigenvalue weighted by molar-refractivity contribution is 5.88. The van der Waals surface area contributed by atoms with Crippen molar-refractivity contribution in [2.75, 3.05) is 0 Å². The average Bonchev–Trinajstić information content (AvgIpc) is 2.57. The molecule has 0 atom stereocenters. The van der Waals surface area contributed by atoms with Crippen LogP contribution in [0.2, 0.25) is 0 Å². The largest absolute Gasteiger partial charge is 0.478 e. The highest BCUT2D eigenvalue weighted by Gasteiger charge is 2.16. The third kappa shape index (κ3) is 3.18. The molecule has 0 spiro atoms. The number of rotatable bonds is 3. The van der Waals surface area contributed by atoms with Crippen molar-refractivity contribution in [1.29, 1.82) is 0 Å². The maximum Gasteiger partial charge on any atom is 0.339 e. The van der Waals surface area contributed by atoms with Crippen molar-refractivity contribution >= 4 is 5.97 Å². The molecule has 0 saturated heterocycles. The molecule has 98 valence electrons. The van der Waals surface area contributed by atoms with Gasteiger partial charge in [0.15, 0.2) is 0 Å². The first kappa shape index (κ1) is 12.8. The first-order chi connectivity index (χ1) is 8.66. The van der Waals surface area contributed by atoms with E-state index in [-0.39, 0.29) is 11.7 Å². The summed E-state index contributed by atoms with van der Waals surface area (Å²) in [6, 6.07) is 0.296. The van der Waals surface area contributed by atoms with E-state index in [9.17, 15) is 4.79 Å². The monoisotopic (exact) mass is 250 g/mol. The number of ether oxygens (including phenoxy) is 1. The van der Waals surface area contributed by atoms with Crippen molar-refractivity contribution in [1.82, 2.24) is 9.97 Å². The molecule has 0 amide bonds. The molecule has 1 N–H and O–H groups in total. The molecule has 0 aromatic carbocycles. The Morgan fingerprint density at radius 2 is 2.00 bits per heavy atom. The number of carboxylic acid groups (broad SMARTS) is 1. The van der Waals surface area contributed by atoms with Gasteiger partial charge in [0.05, 0.1) is 11.3 Å². The van der Waals surface area contributed by atoms with Crippen LogP contribution in [0.1, 0.15) is 54.6 Å². The molecule has 0 bridgehead atoms. The zero-order valence-corrected chi connectivity index (χ0v) is 10.6. The van der Waals surface area contributed by atoms with Crippen LogP contribution in [0.15, 0.2) is 6.20 Å². The number of carboxylic acids is 1. The van der Waals surface area contributed by atoms with Crippen LogP contribution in [0, 0.1) is 6.92 Å². The number of nitrogens with zero attached hydrogens (tertiary/aromatic N) is 2. The van der Waals surface area contributed by atoms with E-state index < -0.39 is 5.97 Å². The Morgan fingerprint density at radius 3 is 2.56 bits per heavy atom. The fourth-order valence-corrected chi connectivity index (χ4v) is 2.22. The third-order valence-corrected chi connectivity index (χ3v) is 3.26. The van der Waals surface area contributed by atoms with Crippen molar-refractivity contribution in [3.05, 3.63) is 17.5 Å². The third-order valence-electron chi connectivity index (χ3n) is 3.26. The summed E-state index contributed by atoms with van der Waals surface area (Å²) in [5.41, 5.74) is 0.573. The molecule has 1 saturated carbocycles. The zero-order chi connectivity index (χ0) is 13.0. The molecule has 1 aliphatic carbocycles. The van der Waals surface area contributed by atoms with Gasteiger partial charge >= 0.3 is 12.0 Å². The van der Waals surface area contributed by atoms with Crippen LogP contribution in [0.4, 0.5) is 0 Å². The lowest BCUT2D eigenvalue weighted by Crippen LogP contribution is -2.17. The first-order valence-electron chi connectivity index (χ1n) is 6.40. The molecule has 1 aromatic heterocycles. The van der Waals surface area contributed by atoms with Gasteiger partial charge in [-0.05, 0) is 32.6 Å². The smallest absolute Gasteiger partial charge is 0.339 e. The van der Waals surface area contributed by atoms with E-state index in [4.69, 9.17) is 9.84 Å². The van der Waals surface area contributed by atoms with E-state index in [1.165, 1.54) is 31.9 Å². The summed E-state index contributed by atoms with van der Waals surface area (Å²) in [4.78, 5) is 18.9. The number of aromatic nitrogens is 2. The Hall–Kier alpha value is -1.65. The van der Waals surface area contributed by atoms with Crippen molar-refractivity contribution in [2.24, 2.45) is 0 Å². The lowest BCUT2D eigenvalue weighted by atomic mass is 10.1. The molecule has 1 aliphatic rings. The van der Waals surface area contributed by atoms with Gasteiger partial charge in [-0.15, -0.1) is 0 Å². The fourth-order valence-electron chi connectivity index (χ4n) is 2.22. The maximum absolute atomic E-state index is 10.8. The molecule has 5 heteroatoms. The second-order valence-electron chi connectivity index (χ2n) is 4.69. The summed E-state index contributed by atoms with van der Waals surface area (Å²) >= 11 is 0. The van der Waals surface area contributed by atoms with Gasteiger partial charge in [-0.2, -0.15) is 4.98 Å². The maximum atomic E-state index is 10.8. The van der Waals surface area contributed by atoms with Gasteiger partial charge in [-0.3, -0.25) is 0 Å². The first-order valence-corrected chi connectivity index (χ1v) is 6.40. The van der Waals surface area contributed by atoms with Gasteiger partial charge in [0.2, 0.25) is 0 Å². The number of carbonyl (C=O) groups is 1. The lowest BCUT2D eigenvalue weighted by Gasteiger charge is -2.15. The molecule has 1 heterocycles. The van der Waals surface area contributed by atoms with Crippen LogP contribution in [0.3, 0.4) is 0 Å². The minimum absolute atomic E-state index is 0.128. The Balaban J connectivity index is 2.05. The Bertz CT molecular complexity index is 426. The Labute approximate surface area is 106 Å². The molecule has 5 nitrogen and oxygen atoms in total. The number of hydrogen-bond acceptors (Lipinski definition) is 4. The molecular formula is C13H18N2O3. The van der Waals surface area contributed by atoms with E-state index in [0.29, 0.717) is 11.7 Å². The summed E-state index contributed by atoms with van der Waals surface area (Å²) in [6.07, 6.45) is 8.42. The highest BCUT2D eigenvalue weighted by Crippen LogP contribution is 2.21. The Kier molecular flexibility index (Phi) is 4.12. The normalized spacial score (nSPS) is 17.2. The van der Waals surface area contributed by atoms with Gasteiger partial charge in [-0.1, -0.05) is 12.8 Å². The second kappa shape index (κ2) is 5.80. The minimum Gasteiger partial charge on any atom is -0.478 e. The predicted octanol–water partition coefficient (Wildman–Crippen LogP) is 2.58. The van der Waals surface area contributed by atoms with E-state index in [0.717, 1.165) is 12.8 Å². The predicted molar refractivity (Wildman–Crippen MR) is 65.8 cm³/mol. The van der Waals surface area contributed by atoms with Crippen LogP contribution in [-0.2, 0) is 0 Å². The number of aromatic carboxylic acids is 1. The summed E-state index contributed by atoms with van der Waals surface area (Å²) in [5, 5.41) is 8.89. The van der Waals surface area contributed by atoms with E-state index >= 15 is 0 Å². The lowest BCUT2D eigenvalue weighted by molar-refractivity contribution is 0.0694. The van der Waals surface area contributed by atoms with Crippen LogP contribution >= 0.6 is 0 Å². The fraction of sp³-hybridized carbons (Fsp3) is 0.615. The van der Waals surface area contributed by atoms with Crippen molar-refractivity contribution in [3.8, 4) is 6.01 Å². The molecule has 18 heavy (non-hydrogen) atoms. The summed E-state index contributed by atoms with van der Waals surface area (Å²) in [6.45, 7) is 1.66. The van der Waals surface area contributed by atoms with Gasteiger partial charge in [0.25, 0.3) is 0 Å². The molecule has 0 aliphatic heterocycles. The Morgan fingerprint density at radius 1 is 1.33 bits per heavy atom. The van der Waals surface area contributed by atoms with Gasteiger partial charge < -0.3 is 9.84 Å². The topological polar surface area (TPSA) is 72.3 Å². The van der Waals surface area contributed by atoms with E-state index in [2.05, 4.69) is 9.97 Å². The number of hydrogen-bond donors (Lipinski definition) is 1. The average molecular weight is 250 g/mol. The minimum atomic E-state index is -1.01. The molecular weight excluding hydrogens is 232 g/mol. The molecule has 1 fully saturated rings. The number of aryl methyl sites for hydroxylation is 1. The van der Waals surface area contributed by atoms with E-state index in [1.807, 2.05) is 0 Å². The van der Waals surface area contributed by atoms with Gasteiger partial charge in [0.1, 0.15) is 6.10 Å². The zero-order valence-electron chi connectivity index (χ0n) is 10.6. The summed E-state index contributed by atoms with van der Waals surface area (Å²) < 4.78 is 5.74. The SMILES string of the molecule is Cc1nc(OC2CCCCCC2)ncc1C(=O)O. The van der Waals surface area contributed by atoms with Crippen molar-refractivity contribution in [3.63, 3.8) is 0 Å². The van der Waals surface area contributed by atoms with Crippen LogP contribution in [-0.4, -0.2) is 27.1 Å². The molecule has 0 radical (unpaired) electrons. The van der Waals surface area contributed by atoms with Crippen molar-refractivity contribution in [2.45, 2.75) is 51.6 Å². The van der Waals surface area contributed by atoms with Gasteiger partial charge in [-0.25, -0.2) is 9.78 Å². The summed E-state index contributed by atoms with van der Waals surface area (Å²) in [7, 11) is 0. The summed E-state index contributed by atoms with van der Waals surface area (Å²) in [5.74, 6) is -1.01. The highest BCUT2D eigenvalue weighted by atomic mass is 16.5.